The highest BCUT2D eigenvalue weighted by Gasteiger charge is 2.29. The fourth-order valence-corrected chi connectivity index (χ4v) is 2.53. The molecule has 0 amide bonds. The number of methoxy groups -OCH3 is 1. The third-order valence-electron chi connectivity index (χ3n) is 3.81. The van der Waals surface area contributed by atoms with Crippen LogP contribution in [0.3, 0.4) is 0 Å². The molecule has 0 aromatic carbocycles. The molecule has 1 heterocycles. The molecule has 1 aliphatic heterocycles. The first-order chi connectivity index (χ1) is 8.49. The zero-order valence-electron chi connectivity index (χ0n) is 12.3. The molecule has 5 nitrogen and oxygen atoms in total. The van der Waals surface area contributed by atoms with Crippen LogP contribution in [0.15, 0.2) is 0 Å². The Kier molecular flexibility index (Phi) is 6.05. The quantitative estimate of drug-likeness (QED) is 0.711. The van der Waals surface area contributed by atoms with Gasteiger partial charge in [-0.15, -0.1) is 0 Å². The molecule has 0 saturated carbocycles. The highest BCUT2D eigenvalue weighted by atomic mass is 16.5. The average Bonchev–Trinajstić information content (AvgIpc) is 2.34. The summed E-state index contributed by atoms with van der Waals surface area (Å²) in [6.45, 7) is 9.96. The van der Waals surface area contributed by atoms with E-state index in [1.807, 2.05) is 6.92 Å². The molecule has 3 atom stereocenters. The van der Waals surface area contributed by atoms with Gasteiger partial charge >= 0.3 is 5.97 Å². The summed E-state index contributed by atoms with van der Waals surface area (Å²) in [5.74, 6) is -0.170. The summed E-state index contributed by atoms with van der Waals surface area (Å²) in [5, 5.41) is 3.19. The van der Waals surface area contributed by atoms with Gasteiger partial charge < -0.3 is 10.1 Å². The van der Waals surface area contributed by atoms with E-state index in [1.54, 1.807) is 0 Å². The predicted octanol–water partition coefficient (Wildman–Crippen LogP) is 0.162. The lowest BCUT2D eigenvalue weighted by atomic mass is 10.1. The normalized spacial score (nSPS) is 28.1. The smallest absolute Gasteiger partial charge is 0.324 e. The molecule has 3 unspecified atom stereocenters. The number of nitrogens with zero attached hydrogens (tertiary/aromatic N) is 2. The Morgan fingerprint density at radius 2 is 1.94 bits per heavy atom. The maximum atomic E-state index is 11.7. The molecule has 1 saturated heterocycles. The number of carbonyl (C=O) groups is 1. The molecule has 1 N–H and O–H groups in total. The van der Waals surface area contributed by atoms with E-state index in [0.717, 1.165) is 26.2 Å². The Hall–Kier alpha value is -0.650. The van der Waals surface area contributed by atoms with Crippen molar-refractivity contribution in [2.24, 2.45) is 0 Å². The summed E-state index contributed by atoms with van der Waals surface area (Å²) in [5.41, 5.74) is 0. The topological polar surface area (TPSA) is 44.8 Å². The van der Waals surface area contributed by atoms with Crippen LogP contribution >= 0.6 is 0 Å². The third-order valence-corrected chi connectivity index (χ3v) is 3.81. The van der Waals surface area contributed by atoms with E-state index in [2.05, 4.69) is 36.0 Å². The van der Waals surface area contributed by atoms with Crippen LogP contribution in [0.5, 0.6) is 0 Å². The maximum absolute atomic E-state index is 11.7. The van der Waals surface area contributed by atoms with Crippen molar-refractivity contribution >= 4 is 5.97 Å². The molecule has 1 aliphatic rings. The van der Waals surface area contributed by atoms with Crippen molar-refractivity contribution in [3.63, 3.8) is 0 Å². The monoisotopic (exact) mass is 257 g/mol. The van der Waals surface area contributed by atoms with Crippen LogP contribution in [0.2, 0.25) is 0 Å². The largest absolute Gasteiger partial charge is 0.468 e. The number of rotatable bonds is 5. The molecule has 0 spiro atoms. The number of piperazine rings is 1. The summed E-state index contributed by atoms with van der Waals surface area (Å²) in [7, 11) is 3.61. The molecule has 0 aliphatic carbocycles. The molecule has 1 fully saturated rings. The van der Waals surface area contributed by atoms with Crippen molar-refractivity contribution < 1.29 is 9.53 Å². The number of hydrogen-bond acceptors (Lipinski definition) is 5. The predicted molar refractivity (Wildman–Crippen MR) is 72.6 cm³/mol. The second-order valence-corrected chi connectivity index (χ2v) is 5.22. The van der Waals surface area contributed by atoms with Gasteiger partial charge in [0.15, 0.2) is 0 Å². The second kappa shape index (κ2) is 7.07. The third kappa shape index (κ3) is 3.93. The van der Waals surface area contributed by atoms with Crippen molar-refractivity contribution in [2.45, 2.75) is 38.9 Å². The Bertz CT molecular complexity index is 261. The van der Waals surface area contributed by atoms with E-state index in [9.17, 15) is 4.79 Å². The van der Waals surface area contributed by atoms with Gasteiger partial charge in [-0.3, -0.25) is 14.6 Å². The van der Waals surface area contributed by atoms with Crippen LogP contribution < -0.4 is 5.32 Å². The van der Waals surface area contributed by atoms with Crippen LogP contribution in [0.1, 0.15) is 20.8 Å². The molecule has 0 aromatic rings. The molecule has 0 aromatic heterocycles. The molecule has 0 radical (unpaired) electrons. The molecule has 18 heavy (non-hydrogen) atoms. The van der Waals surface area contributed by atoms with Crippen molar-refractivity contribution in [1.29, 1.82) is 0 Å². The first kappa shape index (κ1) is 15.4. The average molecular weight is 257 g/mol. The number of likely N-dealkylation sites (N-methyl/N-ethyl adjacent to an activating group) is 2. The lowest BCUT2D eigenvalue weighted by Crippen LogP contribution is -2.58. The van der Waals surface area contributed by atoms with Gasteiger partial charge in [0.05, 0.1) is 7.11 Å². The number of carbonyl (C=O) groups excluding carboxylic acids is 1. The molecule has 0 bridgehead atoms. The lowest BCUT2D eigenvalue weighted by molar-refractivity contribution is -0.144. The summed E-state index contributed by atoms with van der Waals surface area (Å²) in [6.07, 6.45) is 0. The van der Waals surface area contributed by atoms with Crippen molar-refractivity contribution in [1.82, 2.24) is 15.1 Å². The van der Waals surface area contributed by atoms with Gasteiger partial charge in [-0.25, -0.2) is 0 Å². The van der Waals surface area contributed by atoms with E-state index in [4.69, 9.17) is 4.74 Å². The van der Waals surface area contributed by atoms with Crippen molar-refractivity contribution in [2.75, 3.05) is 40.3 Å². The van der Waals surface area contributed by atoms with Crippen LogP contribution in [-0.4, -0.2) is 74.2 Å². The van der Waals surface area contributed by atoms with E-state index in [-0.39, 0.29) is 12.0 Å². The van der Waals surface area contributed by atoms with E-state index < -0.39 is 0 Å². The lowest BCUT2D eigenvalue weighted by Gasteiger charge is -2.43. The maximum Gasteiger partial charge on any atom is 0.324 e. The highest BCUT2D eigenvalue weighted by Crippen LogP contribution is 2.13. The minimum atomic E-state index is -0.220. The summed E-state index contributed by atoms with van der Waals surface area (Å²) < 4.78 is 4.84. The minimum Gasteiger partial charge on any atom is -0.468 e. The van der Waals surface area contributed by atoms with Gasteiger partial charge in [0.25, 0.3) is 0 Å². The van der Waals surface area contributed by atoms with Gasteiger partial charge in [-0.1, -0.05) is 6.92 Å². The van der Waals surface area contributed by atoms with Gasteiger partial charge in [0.2, 0.25) is 0 Å². The number of esters is 1. The van der Waals surface area contributed by atoms with Crippen LogP contribution in [-0.2, 0) is 9.53 Å². The zero-order chi connectivity index (χ0) is 13.7. The summed E-state index contributed by atoms with van der Waals surface area (Å²) >= 11 is 0. The van der Waals surface area contributed by atoms with E-state index >= 15 is 0 Å². The minimum absolute atomic E-state index is 0.170. The van der Waals surface area contributed by atoms with E-state index in [0.29, 0.717) is 12.1 Å². The van der Waals surface area contributed by atoms with Crippen molar-refractivity contribution in [3.05, 3.63) is 0 Å². The molecule has 1 rings (SSSR count). The Balaban J connectivity index is 2.56. The van der Waals surface area contributed by atoms with Gasteiger partial charge in [-0.2, -0.15) is 0 Å². The molecular formula is C13H27N3O2. The number of ether oxygens (including phenoxy) is 1. The molecule has 5 heteroatoms. The fourth-order valence-electron chi connectivity index (χ4n) is 2.53. The first-order valence-electron chi connectivity index (χ1n) is 6.75. The number of hydrogen-bond donors (Lipinski definition) is 1. The fraction of sp³-hybridized carbons (Fsp3) is 0.923. The van der Waals surface area contributed by atoms with Crippen LogP contribution in [0, 0.1) is 0 Å². The van der Waals surface area contributed by atoms with Gasteiger partial charge in [-0.05, 0) is 27.4 Å². The van der Waals surface area contributed by atoms with Gasteiger partial charge in [0.1, 0.15) is 6.04 Å². The number of nitrogens with one attached hydrogen (secondary N) is 1. The highest BCUT2D eigenvalue weighted by molar-refractivity contribution is 5.75. The Labute approximate surface area is 110 Å². The molecular weight excluding hydrogens is 230 g/mol. The molecule has 106 valence electrons. The van der Waals surface area contributed by atoms with Crippen molar-refractivity contribution in [3.8, 4) is 0 Å². The summed E-state index contributed by atoms with van der Waals surface area (Å²) in [6, 6.07) is 0.824. The zero-order valence-corrected chi connectivity index (χ0v) is 12.3. The first-order valence-corrected chi connectivity index (χ1v) is 6.75. The standard InChI is InChI=1S/C13H27N3O2/c1-6-14-12(13(17)18-5)9-16-7-10(2)15(4)11(3)8-16/h10-12,14H,6-9H2,1-5H3. The SMILES string of the molecule is CCNC(CN1CC(C)N(C)C(C)C1)C(=O)OC. The van der Waals surface area contributed by atoms with Crippen LogP contribution in [0.4, 0.5) is 0 Å². The van der Waals surface area contributed by atoms with E-state index in [1.165, 1.54) is 7.11 Å². The van der Waals surface area contributed by atoms with Crippen LogP contribution in [0.25, 0.3) is 0 Å². The Morgan fingerprint density at radius 1 is 1.39 bits per heavy atom. The Morgan fingerprint density at radius 3 is 2.39 bits per heavy atom. The second-order valence-electron chi connectivity index (χ2n) is 5.22. The summed E-state index contributed by atoms with van der Waals surface area (Å²) in [4.78, 5) is 16.4. The van der Waals surface area contributed by atoms with Gasteiger partial charge in [0, 0.05) is 31.7 Å².